The van der Waals surface area contributed by atoms with E-state index in [2.05, 4.69) is 47.0 Å². The van der Waals surface area contributed by atoms with Crippen LogP contribution in [-0.2, 0) is 6.42 Å². The number of rotatable bonds is 5. The molecule has 0 spiro atoms. The molecule has 106 valence electrons. The molecule has 0 amide bonds. The van der Waals surface area contributed by atoms with Gasteiger partial charge in [-0.3, -0.25) is 0 Å². The van der Waals surface area contributed by atoms with E-state index in [4.69, 9.17) is 4.98 Å². The first-order chi connectivity index (χ1) is 9.65. The van der Waals surface area contributed by atoms with Crippen molar-refractivity contribution in [2.75, 3.05) is 11.9 Å². The zero-order valence-corrected chi connectivity index (χ0v) is 13.8. The summed E-state index contributed by atoms with van der Waals surface area (Å²) in [5, 5.41) is 3.42. The van der Waals surface area contributed by atoms with Crippen LogP contribution in [0.15, 0.2) is 28.7 Å². The monoisotopic (exact) mass is 333 g/mol. The van der Waals surface area contributed by atoms with E-state index in [1.54, 1.807) is 0 Å². The minimum atomic E-state index is 0.777. The van der Waals surface area contributed by atoms with Gasteiger partial charge in [-0.05, 0) is 31.9 Å². The van der Waals surface area contributed by atoms with Crippen molar-refractivity contribution in [1.82, 2.24) is 9.97 Å². The van der Waals surface area contributed by atoms with Crippen LogP contribution in [0.25, 0.3) is 11.4 Å². The highest BCUT2D eigenvalue weighted by atomic mass is 79.9. The highest BCUT2D eigenvalue weighted by Crippen LogP contribution is 2.24. The molecule has 1 aromatic heterocycles. The molecule has 2 aromatic rings. The molecule has 0 atom stereocenters. The summed E-state index contributed by atoms with van der Waals surface area (Å²) in [5.41, 5.74) is 3.29. The summed E-state index contributed by atoms with van der Waals surface area (Å²) in [6.07, 6.45) is 2.02. The normalized spacial score (nSPS) is 10.6. The third-order valence-electron chi connectivity index (χ3n) is 3.19. The van der Waals surface area contributed by atoms with Gasteiger partial charge in [0.1, 0.15) is 5.82 Å². The maximum atomic E-state index is 4.71. The Hall–Kier alpha value is -1.42. The Balaban J connectivity index is 2.47. The fourth-order valence-electron chi connectivity index (χ4n) is 2.17. The van der Waals surface area contributed by atoms with E-state index in [-0.39, 0.29) is 0 Å². The molecule has 4 heteroatoms. The average molecular weight is 334 g/mol. The SMILES string of the molecule is CCCNc1nc(-c2cccc(Br)c2)nc(C)c1CC. The summed E-state index contributed by atoms with van der Waals surface area (Å²) in [5.74, 6) is 1.75. The first kappa shape index (κ1) is 15.0. The number of hydrogen-bond donors (Lipinski definition) is 1. The summed E-state index contributed by atoms with van der Waals surface area (Å²) in [6.45, 7) is 7.28. The fourth-order valence-corrected chi connectivity index (χ4v) is 2.56. The number of aryl methyl sites for hydroxylation is 1. The minimum Gasteiger partial charge on any atom is -0.370 e. The van der Waals surface area contributed by atoms with E-state index in [1.807, 2.05) is 24.3 Å². The Morgan fingerprint density at radius 1 is 1.20 bits per heavy atom. The molecular weight excluding hydrogens is 314 g/mol. The Kier molecular flexibility index (Phi) is 5.12. The Bertz CT molecular complexity index is 596. The van der Waals surface area contributed by atoms with Gasteiger partial charge in [0.15, 0.2) is 5.82 Å². The predicted octanol–water partition coefficient (Wildman–Crippen LogP) is 4.60. The van der Waals surface area contributed by atoms with Crippen molar-refractivity contribution >= 4 is 21.7 Å². The first-order valence-electron chi connectivity index (χ1n) is 7.03. The fraction of sp³-hybridized carbons (Fsp3) is 0.375. The number of anilines is 1. The highest BCUT2D eigenvalue weighted by molar-refractivity contribution is 9.10. The molecule has 2 rings (SSSR count). The third kappa shape index (κ3) is 3.37. The van der Waals surface area contributed by atoms with Crippen molar-refractivity contribution in [3.63, 3.8) is 0 Å². The molecule has 1 heterocycles. The Morgan fingerprint density at radius 3 is 2.65 bits per heavy atom. The molecule has 0 aliphatic carbocycles. The standard InChI is InChI=1S/C16H20BrN3/c1-4-9-18-16-14(5-2)11(3)19-15(20-16)12-7-6-8-13(17)10-12/h6-8,10H,4-5,9H2,1-3H3,(H,18,19,20). The van der Waals surface area contributed by atoms with Crippen LogP contribution >= 0.6 is 15.9 Å². The number of nitrogens with one attached hydrogen (secondary N) is 1. The van der Waals surface area contributed by atoms with E-state index in [1.165, 1.54) is 5.56 Å². The smallest absolute Gasteiger partial charge is 0.161 e. The van der Waals surface area contributed by atoms with Crippen LogP contribution in [-0.4, -0.2) is 16.5 Å². The van der Waals surface area contributed by atoms with E-state index in [0.29, 0.717) is 0 Å². The summed E-state index contributed by atoms with van der Waals surface area (Å²) in [4.78, 5) is 9.36. The van der Waals surface area contributed by atoms with Gasteiger partial charge in [0.2, 0.25) is 0 Å². The van der Waals surface area contributed by atoms with Crippen LogP contribution in [0, 0.1) is 6.92 Å². The predicted molar refractivity (Wildman–Crippen MR) is 88.1 cm³/mol. The second-order valence-corrected chi connectivity index (χ2v) is 5.67. The summed E-state index contributed by atoms with van der Waals surface area (Å²) in [7, 11) is 0. The molecule has 0 bridgehead atoms. The number of hydrogen-bond acceptors (Lipinski definition) is 3. The van der Waals surface area contributed by atoms with E-state index >= 15 is 0 Å². The summed E-state index contributed by atoms with van der Waals surface area (Å²) < 4.78 is 1.04. The molecule has 0 aliphatic rings. The maximum Gasteiger partial charge on any atom is 0.161 e. The number of nitrogens with zero attached hydrogens (tertiary/aromatic N) is 2. The molecule has 3 nitrogen and oxygen atoms in total. The van der Waals surface area contributed by atoms with Gasteiger partial charge in [-0.1, -0.05) is 41.9 Å². The first-order valence-corrected chi connectivity index (χ1v) is 7.82. The van der Waals surface area contributed by atoms with E-state index in [0.717, 1.165) is 46.8 Å². The van der Waals surface area contributed by atoms with Gasteiger partial charge in [-0.25, -0.2) is 9.97 Å². The van der Waals surface area contributed by atoms with Crippen molar-refractivity contribution in [1.29, 1.82) is 0 Å². The molecule has 20 heavy (non-hydrogen) atoms. The van der Waals surface area contributed by atoms with Crippen molar-refractivity contribution in [3.05, 3.63) is 40.0 Å². The largest absolute Gasteiger partial charge is 0.370 e. The lowest BCUT2D eigenvalue weighted by Crippen LogP contribution is -2.09. The zero-order chi connectivity index (χ0) is 14.5. The van der Waals surface area contributed by atoms with Crippen LogP contribution in [0.1, 0.15) is 31.5 Å². The van der Waals surface area contributed by atoms with Crippen LogP contribution < -0.4 is 5.32 Å². The number of halogens is 1. The van der Waals surface area contributed by atoms with Crippen LogP contribution in [0.3, 0.4) is 0 Å². The van der Waals surface area contributed by atoms with Gasteiger partial charge in [0.05, 0.1) is 0 Å². The van der Waals surface area contributed by atoms with Gasteiger partial charge < -0.3 is 5.32 Å². The molecule has 0 fully saturated rings. The molecule has 1 N–H and O–H groups in total. The van der Waals surface area contributed by atoms with Gasteiger partial charge in [0.25, 0.3) is 0 Å². The van der Waals surface area contributed by atoms with Gasteiger partial charge in [0, 0.05) is 27.8 Å². The average Bonchev–Trinajstić information content (AvgIpc) is 2.44. The molecule has 0 saturated carbocycles. The second-order valence-electron chi connectivity index (χ2n) is 4.75. The molecule has 0 radical (unpaired) electrons. The van der Waals surface area contributed by atoms with Gasteiger partial charge >= 0.3 is 0 Å². The molecule has 0 unspecified atom stereocenters. The molecule has 1 aromatic carbocycles. The van der Waals surface area contributed by atoms with Crippen LogP contribution in [0.4, 0.5) is 5.82 Å². The molecular formula is C16H20BrN3. The third-order valence-corrected chi connectivity index (χ3v) is 3.69. The summed E-state index contributed by atoms with van der Waals surface area (Å²) >= 11 is 3.50. The van der Waals surface area contributed by atoms with Crippen LogP contribution in [0.2, 0.25) is 0 Å². The lowest BCUT2D eigenvalue weighted by atomic mass is 10.1. The lowest BCUT2D eigenvalue weighted by molar-refractivity contribution is 0.938. The lowest BCUT2D eigenvalue weighted by Gasteiger charge is -2.13. The van der Waals surface area contributed by atoms with Crippen molar-refractivity contribution < 1.29 is 0 Å². The van der Waals surface area contributed by atoms with Crippen LogP contribution in [0.5, 0.6) is 0 Å². The van der Waals surface area contributed by atoms with E-state index in [9.17, 15) is 0 Å². The highest BCUT2D eigenvalue weighted by Gasteiger charge is 2.11. The van der Waals surface area contributed by atoms with Crippen molar-refractivity contribution in [3.8, 4) is 11.4 Å². The van der Waals surface area contributed by atoms with E-state index < -0.39 is 0 Å². The second kappa shape index (κ2) is 6.84. The Labute approximate surface area is 129 Å². The van der Waals surface area contributed by atoms with Gasteiger partial charge in [-0.2, -0.15) is 0 Å². The summed E-state index contributed by atoms with van der Waals surface area (Å²) in [6, 6.07) is 8.09. The molecule has 0 aliphatic heterocycles. The molecule has 0 saturated heterocycles. The van der Waals surface area contributed by atoms with Crippen molar-refractivity contribution in [2.45, 2.75) is 33.6 Å². The topological polar surface area (TPSA) is 37.8 Å². The minimum absolute atomic E-state index is 0.777. The zero-order valence-electron chi connectivity index (χ0n) is 12.2. The maximum absolute atomic E-state index is 4.71. The number of aromatic nitrogens is 2. The Morgan fingerprint density at radius 2 is 2.00 bits per heavy atom. The van der Waals surface area contributed by atoms with Crippen molar-refractivity contribution in [2.24, 2.45) is 0 Å². The number of benzene rings is 1. The van der Waals surface area contributed by atoms with Gasteiger partial charge in [-0.15, -0.1) is 0 Å². The quantitative estimate of drug-likeness (QED) is 0.868.